The molecular weight excluding hydrogens is 296 g/mol. The van der Waals surface area contributed by atoms with Gasteiger partial charge in [0.2, 0.25) is 5.76 Å². The first-order valence-corrected chi connectivity index (χ1v) is 5.85. The van der Waals surface area contributed by atoms with Gasteiger partial charge in [-0.05, 0) is 30.0 Å². The first kappa shape index (κ1) is 14.0. The Bertz CT molecular complexity index is 700. The van der Waals surface area contributed by atoms with Gasteiger partial charge in [0.1, 0.15) is 4.90 Å². The van der Waals surface area contributed by atoms with Crippen LogP contribution < -0.4 is 0 Å². The van der Waals surface area contributed by atoms with Crippen LogP contribution in [0.1, 0.15) is 10.6 Å². The average molecular weight is 301 g/mol. The SMILES string of the molecule is O=C(O)c1ccc(Sc2c([N+](=O)[O-])ccc(F)c2F)o1. The van der Waals surface area contributed by atoms with Crippen LogP contribution in [0.3, 0.4) is 0 Å². The normalized spacial score (nSPS) is 10.5. The van der Waals surface area contributed by atoms with Crippen molar-refractivity contribution in [2.75, 3.05) is 0 Å². The minimum atomic E-state index is -1.39. The van der Waals surface area contributed by atoms with E-state index in [-0.39, 0.29) is 5.09 Å². The summed E-state index contributed by atoms with van der Waals surface area (Å²) in [5.41, 5.74) is -0.637. The number of nitro benzene ring substituents is 1. The number of nitro groups is 1. The van der Waals surface area contributed by atoms with Crippen molar-refractivity contribution >= 4 is 23.4 Å². The highest BCUT2D eigenvalue weighted by Gasteiger charge is 2.24. The molecule has 1 aromatic carbocycles. The Kier molecular flexibility index (Phi) is 3.70. The molecule has 0 radical (unpaired) electrons. The van der Waals surface area contributed by atoms with Crippen LogP contribution in [0.4, 0.5) is 14.5 Å². The van der Waals surface area contributed by atoms with Crippen LogP contribution >= 0.6 is 11.8 Å². The van der Waals surface area contributed by atoms with Gasteiger partial charge in [-0.15, -0.1) is 0 Å². The van der Waals surface area contributed by atoms with E-state index in [2.05, 4.69) is 0 Å². The summed E-state index contributed by atoms with van der Waals surface area (Å²) in [5, 5.41) is 19.3. The number of rotatable bonds is 4. The molecule has 104 valence electrons. The first-order valence-electron chi connectivity index (χ1n) is 5.03. The Morgan fingerprint density at radius 1 is 1.30 bits per heavy atom. The number of benzene rings is 1. The van der Waals surface area contributed by atoms with Crippen LogP contribution in [-0.4, -0.2) is 16.0 Å². The van der Waals surface area contributed by atoms with Gasteiger partial charge in [0.25, 0.3) is 5.69 Å². The maximum atomic E-state index is 13.6. The number of hydrogen-bond donors (Lipinski definition) is 1. The molecule has 1 N–H and O–H groups in total. The molecule has 0 fully saturated rings. The van der Waals surface area contributed by atoms with E-state index in [9.17, 15) is 23.7 Å². The zero-order valence-corrected chi connectivity index (χ0v) is 10.3. The van der Waals surface area contributed by atoms with Crippen molar-refractivity contribution in [3.63, 3.8) is 0 Å². The minimum Gasteiger partial charge on any atom is -0.475 e. The monoisotopic (exact) mass is 301 g/mol. The molecule has 0 bridgehead atoms. The fourth-order valence-electron chi connectivity index (χ4n) is 1.35. The predicted octanol–water partition coefficient (Wildman–Crippen LogP) is 3.32. The third kappa shape index (κ3) is 2.62. The highest BCUT2D eigenvalue weighted by atomic mass is 32.2. The molecule has 0 amide bonds. The summed E-state index contributed by atoms with van der Waals surface area (Å²) in [6.07, 6.45) is 0. The molecule has 0 spiro atoms. The van der Waals surface area contributed by atoms with Crippen molar-refractivity contribution in [1.82, 2.24) is 0 Å². The van der Waals surface area contributed by atoms with E-state index in [1.165, 1.54) is 6.07 Å². The van der Waals surface area contributed by atoms with Gasteiger partial charge >= 0.3 is 5.97 Å². The molecule has 0 aliphatic rings. The molecule has 1 aromatic heterocycles. The van der Waals surface area contributed by atoms with Crippen molar-refractivity contribution in [3.05, 3.63) is 51.8 Å². The summed E-state index contributed by atoms with van der Waals surface area (Å²) in [5.74, 6) is -4.39. The van der Waals surface area contributed by atoms with E-state index in [1.807, 2.05) is 0 Å². The second kappa shape index (κ2) is 5.29. The van der Waals surface area contributed by atoms with E-state index < -0.39 is 38.9 Å². The van der Waals surface area contributed by atoms with Crippen LogP contribution in [0.2, 0.25) is 0 Å². The Hall–Kier alpha value is -2.42. The Morgan fingerprint density at radius 2 is 2.00 bits per heavy atom. The van der Waals surface area contributed by atoms with Crippen LogP contribution in [-0.2, 0) is 0 Å². The Balaban J connectivity index is 2.43. The summed E-state index contributed by atoms with van der Waals surface area (Å²) in [6.45, 7) is 0. The zero-order chi connectivity index (χ0) is 14.9. The molecule has 6 nitrogen and oxygen atoms in total. The number of aromatic carboxylic acids is 1. The summed E-state index contributed by atoms with van der Waals surface area (Å²) in [7, 11) is 0. The predicted molar refractivity (Wildman–Crippen MR) is 62.8 cm³/mol. The van der Waals surface area contributed by atoms with Crippen molar-refractivity contribution in [3.8, 4) is 0 Å². The summed E-state index contributed by atoms with van der Waals surface area (Å²) >= 11 is 0.435. The number of carboxylic acids is 1. The van der Waals surface area contributed by atoms with Crippen molar-refractivity contribution in [2.24, 2.45) is 0 Å². The summed E-state index contributed by atoms with van der Waals surface area (Å²) in [6, 6.07) is 3.76. The molecular formula is C11H5F2NO5S. The highest BCUT2D eigenvalue weighted by Crippen LogP contribution is 2.38. The van der Waals surface area contributed by atoms with Crippen LogP contribution in [0.25, 0.3) is 0 Å². The molecule has 9 heteroatoms. The molecule has 0 aliphatic heterocycles. The van der Waals surface area contributed by atoms with Gasteiger partial charge in [0.15, 0.2) is 16.7 Å². The van der Waals surface area contributed by atoms with Gasteiger partial charge in [-0.1, -0.05) is 0 Å². The van der Waals surface area contributed by atoms with Gasteiger partial charge in [0, 0.05) is 6.07 Å². The van der Waals surface area contributed by atoms with E-state index in [4.69, 9.17) is 9.52 Å². The van der Waals surface area contributed by atoms with Crippen LogP contribution in [0.15, 0.2) is 38.7 Å². The largest absolute Gasteiger partial charge is 0.475 e. The van der Waals surface area contributed by atoms with E-state index in [0.29, 0.717) is 17.8 Å². The van der Waals surface area contributed by atoms with E-state index in [0.717, 1.165) is 12.1 Å². The third-order valence-electron chi connectivity index (χ3n) is 2.22. The standard InChI is InChI=1S/C11H5F2NO5S/c12-5-1-2-6(14(17)18)10(9(5)13)20-8-4-3-7(19-8)11(15)16/h1-4H,(H,15,16). The van der Waals surface area contributed by atoms with Gasteiger partial charge in [-0.2, -0.15) is 0 Å². The lowest BCUT2D eigenvalue weighted by Gasteiger charge is -2.02. The molecule has 0 atom stereocenters. The van der Waals surface area contributed by atoms with E-state index >= 15 is 0 Å². The van der Waals surface area contributed by atoms with Crippen molar-refractivity contribution < 1.29 is 28.0 Å². The van der Waals surface area contributed by atoms with E-state index in [1.54, 1.807) is 0 Å². The third-order valence-corrected chi connectivity index (χ3v) is 3.23. The lowest BCUT2D eigenvalue weighted by molar-refractivity contribution is -0.388. The molecule has 0 unspecified atom stereocenters. The molecule has 2 aromatic rings. The number of nitrogens with zero attached hydrogens (tertiary/aromatic N) is 1. The van der Waals surface area contributed by atoms with Gasteiger partial charge in [0.05, 0.1) is 4.92 Å². The van der Waals surface area contributed by atoms with Gasteiger partial charge in [-0.25, -0.2) is 13.6 Å². The lowest BCUT2D eigenvalue weighted by atomic mass is 10.3. The highest BCUT2D eigenvalue weighted by molar-refractivity contribution is 7.99. The molecule has 0 saturated carbocycles. The lowest BCUT2D eigenvalue weighted by Crippen LogP contribution is -1.96. The Morgan fingerprint density at radius 3 is 2.55 bits per heavy atom. The number of furan rings is 1. The second-order valence-corrected chi connectivity index (χ2v) is 4.51. The average Bonchev–Trinajstić information content (AvgIpc) is 2.83. The quantitative estimate of drug-likeness (QED) is 0.687. The smallest absolute Gasteiger partial charge is 0.371 e. The van der Waals surface area contributed by atoms with Gasteiger partial charge in [-0.3, -0.25) is 10.1 Å². The first-order chi connectivity index (χ1) is 9.40. The molecule has 0 aliphatic carbocycles. The van der Waals surface area contributed by atoms with Crippen molar-refractivity contribution in [1.29, 1.82) is 0 Å². The maximum Gasteiger partial charge on any atom is 0.371 e. The number of carboxylic acid groups (broad SMARTS) is 1. The number of halogens is 2. The number of carbonyl (C=O) groups is 1. The van der Waals surface area contributed by atoms with Gasteiger partial charge < -0.3 is 9.52 Å². The maximum absolute atomic E-state index is 13.6. The second-order valence-electron chi connectivity index (χ2n) is 3.49. The van der Waals surface area contributed by atoms with Crippen molar-refractivity contribution in [2.45, 2.75) is 9.99 Å². The number of hydrogen-bond acceptors (Lipinski definition) is 5. The fraction of sp³-hybridized carbons (Fsp3) is 0. The summed E-state index contributed by atoms with van der Waals surface area (Å²) in [4.78, 5) is 19.9. The summed E-state index contributed by atoms with van der Waals surface area (Å²) < 4.78 is 31.6. The fourth-order valence-corrected chi connectivity index (χ4v) is 2.26. The molecule has 2 rings (SSSR count). The molecule has 1 heterocycles. The van der Waals surface area contributed by atoms with Crippen LogP contribution in [0, 0.1) is 21.7 Å². The molecule has 20 heavy (non-hydrogen) atoms. The minimum absolute atomic E-state index is 0.102. The zero-order valence-electron chi connectivity index (χ0n) is 9.50. The van der Waals surface area contributed by atoms with Crippen LogP contribution in [0.5, 0.6) is 0 Å². The molecule has 0 saturated heterocycles. The topological polar surface area (TPSA) is 93.6 Å². The Labute approximate surface area is 114 Å².